The van der Waals surface area contributed by atoms with Crippen LogP contribution in [0.15, 0.2) is 48.5 Å². The number of nitro groups is 1. The summed E-state index contributed by atoms with van der Waals surface area (Å²) in [6.45, 7) is 2.73. The van der Waals surface area contributed by atoms with Crippen LogP contribution in [-0.4, -0.2) is 28.5 Å². The Kier molecular flexibility index (Phi) is 8.70. The average Bonchev–Trinajstić information content (AvgIpc) is 2.75. The Morgan fingerprint density at radius 2 is 1.73 bits per heavy atom. The Morgan fingerprint density at radius 1 is 1.03 bits per heavy atom. The third-order valence-corrected chi connectivity index (χ3v) is 4.20. The van der Waals surface area contributed by atoms with E-state index in [0.29, 0.717) is 17.9 Å². The SMILES string of the molecule is CCCCCOc1ccc(C(=O)NC(=S)NNC(=O)c2ccccc2[N+](=O)[O-])cc1. The first-order valence-corrected chi connectivity index (χ1v) is 9.71. The highest BCUT2D eigenvalue weighted by Gasteiger charge is 2.19. The van der Waals surface area contributed by atoms with Gasteiger partial charge in [0.05, 0.1) is 11.5 Å². The third-order valence-electron chi connectivity index (χ3n) is 4.00. The number of thiocarbonyl (C=S) groups is 1. The second kappa shape index (κ2) is 11.5. The molecule has 0 unspecified atom stereocenters. The van der Waals surface area contributed by atoms with Gasteiger partial charge in [0.15, 0.2) is 5.11 Å². The van der Waals surface area contributed by atoms with Crippen LogP contribution >= 0.6 is 12.2 Å². The lowest BCUT2D eigenvalue weighted by atomic mass is 10.2. The maximum atomic E-state index is 12.2. The zero-order valence-electron chi connectivity index (χ0n) is 16.3. The molecule has 2 aromatic rings. The molecule has 3 N–H and O–H groups in total. The largest absolute Gasteiger partial charge is 0.494 e. The summed E-state index contributed by atoms with van der Waals surface area (Å²) in [4.78, 5) is 34.7. The van der Waals surface area contributed by atoms with Crippen LogP contribution in [0.25, 0.3) is 0 Å². The van der Waals surface area contributed by atoms with E-state index in [-0.39, 0.29) is 16.4 Å². The second-order valence-electron chi connectivity index (χ2n) is 6.22. The molecule has 10 heteroatoms. The van der Waals surface area contributed by atoms with Crippen molar-refractivity contribution in [1.29, 1.82) is 0 Å². The maximum Gasteiger partial charge on any atom is 0.282 e. The topological polar surface area (TPSA) is 123 Å². The lowest BCUT2D eigenvalue weighted by molar-refractivity contribution is -0.385. The number of carbonyl (C=O) groups is 2. The monoisotopic (exact) mass is 430 g/mol. The smallest absolute Gasteiger partial charge is 0.282 e. The number of para-hydroxylation sites is 1. The summed E-state index contributed by atoms with van der Waals surface area (Å²) < 4.78 is 5.59. The van der Waals surface area contributed by atoms with Crippen molar-refractivity contribution in [2.24, 2.45) is 0 Å². The number of nitrogens with one attached hydrogen (secondary N) is 3. The van der Waals surface area contributed by atoms with Gasteiger partial charge in [0, 0.05) is 11.6 Å². The molecular formula is C20H22N4O5S. The minimum absolute atomic E-state index is 0.140. The zero-order chi connectivity index (χ0) is 21.9. The van der Waals surface area contributed by atoms with Gasteiger partial charge in [-0.2, -0.15) is 0 Å². The van der Waals surface area contributed by atoms with Crippen LogP contribution in [0.5, 0.6) is 5.75 Å². The number of nitro benzene ring substituents is 1. The fraction of sp³-hybridized carbons (Fsp3) is 0.250. The predicted molar refractivity (Wildman–Crippen MR) is 115 cm³/mol. The van der Waals surface area contributed by atoms with Gasteiger partial charge < -0.3 is 4.74 Å². The van der Waals surface area contributed by atoms with Crippen molar-refractivity contribution in [3.8, 4) is 5.75 Å². The molecule has 2 aromatic carbocycles. The summed E-state index contributed by atoms with van der Waals surface area (Å²) in [5.41, 5.74) is 4.44. The molecule has 0 aliphatic heterocycles. The summed E-state index contributed by atoms with van der Waals surface area (Å²) in [6.07, 6.45) is 3.18. The van der Waals surface area contributed by atoms with Crippen molar-refractivity contribution in [2.75, 3.05) is 6.61 Å². The number of nitrogens with zero attached hydrogens (tertiary/aromatic N) is 1. The number of hydrazine groups is 1. The van der Waals surface area contributed by atoms with Crippen LogP contribution in [0.2, 0.25) is 0 Å². The van der Waals surface area contributed by atoms with Crippen molar-refractivity contribution < 1.29 is 19.2 Å². The van der Waals surface area contributed by atoms with Gasteiger partial charge >= 0.3 is 0 Å². The summed E-state index contributed by atoms with van der Waals surface area (Å²) >= 11 is 4.97. The van der Waals surface area contributed by atoms with Crippen molar-refractivity contribution in [3.63, 3.8) is 0 Å². The Bertz CT molecular complexity index is 918. The van der Waals surface area contributed by atoms with Gasteiger partial charge in [-0.25, -0.2) is 0 Å². The van der Waals surface area contributed by atoms with Crippen LogP contribution in [-0.2, 0) is 0 Å². The second-order valence-corrected chi connectivity index (χ2v) is 6.62. The number of amides is 2. The molecule has 0 spiro atoms. The number of rotatable bonds is 8. The van der Waals surface area contributed by atoms with E-state index >= 15 is 0 Å². The van der Waals surface area contributed by atoms with Crippen LogP contribution in [0.1, 0.15) is 46.9 Å². The minimum atomic E-state index is -0.761. The first-order valence-electron chi connectivity index (χ1n) is 9.30. The molecule has 2 amide bonds. The molecule has 0 heterocycles. The standard InChI is InChI=1S/C20H22N4O5S/c1-2-3-6-13-29-15-11-9-14(10-12-15)18(25)21-20(30)23-22-19(26)16-7-4-5-8-17(16)24(27)28/h4-5,7-12H,2-3,6,13H2,1H3,(H,22,26)(H2,21,23,25,30). The summed E-state index contributed by atoms with van der Waals surface area (Å²) in [5.74, 6) is -0.575. The van der Waals surface area contributed by atoms with E-state index in [1.165, 1.54) is 24.3 Å². The molecule has 0 atom stereocenters. The number of hydrogen-bond donors (Lipinski definition) is 3. The van der Waals surface area contributed by atoms with E-state index in [1.54, 1.807) is 24.3 Å². The third kappa shape index (κ3) is 6.82. The van der Waals surface area contributed by atoms with E-state index in [9.17, 15) is 19.7 Å². The molecule has 0 saturated heterocycles. The molecular weight excluding hydrogens is 408 g/mol. The van der Waals surface area contributed by atoms with E-state index < -0.39 is 16.7 Å². The number of benzene rings is 2. The Balaban J connectivity index is 1.84. The number of hydrogen-bond acceptors (Lipinski definition) is 6. The molecule has 9 nitrogen and oxygen atoms in total. The van der Waals surface area contributed by atoms with Crippen molar-refractivity contribution in [1.82, 2.24) is 16.2 Å². The Hall–Kier alpha value is -3.53. The molecule has 158 valence electrons. The highest BCUT2D eigenvalue weighted by Crippen LogP contribution is 2.17. The van der Waals surface area contributed by atoms with Crippen LogP contribution in [0.4, 0.5) is 5.69 Å². The number of unbranched alkanes of at least 4 members (excludes halogenated alkanes) is 2. The minimum Gasteiger partial charge on any atom is -0.494 e. The van der Waals surface area contributed by atoms with E-state index in [1.807, 2.05) is 0 Å². The fourth-order valence-electron chi connectivity index (χ4n) is 2.46. The molecule has 0 radical (unpaired) electrons. The Labute approximate surface area is 178 Å². The van der Waals surface area contributed by atoms with Gasteiger partial charge in [0.25, 0.3) is 17.5 Å². The van der Waals surface area contributed by atoms with Gasteiger partial charge in [-0.05, 0) is 49.0 Å². The van der Waals surface area contributed by atoms with Crippen LogP contribution in [0.3, 0.4) is 0 Å². The highest BCUT2D eigenvalue weighted by molar-refractivity contribution is 7.80. The van der Waals surface area contributed by atoms with Crippen molar-refractivity contribution in [2.45, 2.75) is 26.2 Å². The quantitative estimate of drug-likeness (QED) is 0.254. The Morgan fingerprint density at radius 3 is 2.40 bits per heavy atom. The van der Waals surface area contributed by atoms with Gasteiger partial charge in [-0.3, -0.25) is 35.9 Å². The van der Waals surface area contributed by atoms with Crippen LogP contribution < -0.4 is 20.9 Å². The van der Waals surface area contributed by atoms with E-state index in [4.69, 9.17) is 17.0 Å². The fourth-order valence-corrected chi connectivity index (χ4v) is 2.60. The van der Waals surface area contributed by atoms with Gasteiger partial charge in [-0.1, -0.05) is 31.9 Å². The van der Waals surface area contributed by atoms with Gasteiger partial charge in [-0.15, -0.1) is 0 Å². The molecule has 0 aromatic heterocycles. The molecule has 30 heavy (non-hydrogen) atoms. The molecule has 0 saturated carbocycles. The number of ether oxygens (including phenoxy) is 1. The summed E-state index contributed by atoms with van der Waals surface area (Å²) in [7, 11) is 0. The zero-order valence-corrected chi connectivity index (χ0v) is 17.2. The summed E-state index contributed by atoms with van der Waals surface area (Å²) in [6, 6.07) is 12.0. The van der Waals surface area contributed by atoms with E-state index in [2.05, 4.69) is 23.1 Å². The number of carbonyl (C=O) groups excluding carboxylic acids is 2. The maximum absolute atomic E-state index is 12.2. The van der Waals surface area contributed by atoms with Gasteiger partial charge in [0.2, 0.25) is 0 Å². The summed E-state index contributed by atoms with van der Waals surface area (Å²) in [5, 5.41) is 13.2. The van der Waals surface area contributed by atoms with Crippen molar-refractivity contribution in [3.05, 3.63) is 69.8 Å². The first kappa shape index (κ1) is 22.8. The normalized spacial score (nSPS) is 10.0. The predicted octanol–water partition coefficient (Wildman–Crippen LogP) is 3.11. The molecule has 2 rings (SSSR count). The van der Waals surface area contributed by atoms with Crippen LogP contribution in [0, 0.1) is 10.1 Å². The average molecular weight is 430 g/mol. The van der Waals surface area contributed by atoms with Gasteiger partial charge in [0.1, 0.15) is 11.3 Å². The molecule has 0 fully saturated rings. The van der Waals surface area contributed by atoms with Crippen molar-refractivity contribution >= 4 is 34.8 Å². The molecule has 0 aliphatic rings. The highest BCUT2D eigenvalue weighted by atomic mass is 32.1. The lowest BCUT2D eigenvalue weighted by Gasteiger charge is -2.11. The molecule has 0 aliphatic carbocycles. The van der Waals surface area contributed by atoms with E-state index in [0.717, 1.165) is 19.3 Å². The molecule has 0 bridgehead atoms. The lowest BCUT2D eigenvalue weighted by Crippen LogP contribution is -2.48. The first-order chi connectivity index (χ1) is 14.4.